The quantitative estimate of drug-likeness (QED) is 0.823. The highest BCUT2D eigenvalue weighted by atomic mass is 16.5. The van der Waals surface area contributed by atoms with Gasteiger partial charge in [0.2, 0.25) is 0 Å². The number of hydrogen-bond donors (Lipinski definition) is 1. The van der Waals surface area contributed by atoms with Crippen molar-refractivity contribution in [3.8, 4) is 5.75 Å². The minimum absolute atomic E-state index is 0.425. The number of hydrogen-bond acceptors (Lipinski definition) is 2. The van der Waals surface area contributed by atoms with Crippen LogP contribution in [0.3, 0.4) is 0 Å². The second-order valence-electron chi connectivity index (χ2n) is 6.66. The number of benzene rings is 1. The Morgan fingerprint density at radius 3 is 2.90 bits per heavy atom. The molecular formula is C18H29NO. The Hall–Kier alpha value is -1.02. The van der Waals surface area contributed by atoms with Crippen molar-refractivity contribution in [2.45, 2.75) is 65.5 Å². The Bertz CT molecular complexity index is 414. The molecule has 112 valence electrons. The second kappa shape index (κ2) is 7.12. The second-order valence-corrected chi connectivity index (χ2v) is 6.66. The highest BCUT2D eigenvalue weighted by Crippen LogP contribution is 2.35. The van der Waals surface area contributed by atoms with Crippen LogP contribution in [0.5, 0.6) is 5.75 Å². The van der Waals surface area contributed by atoms with Gasteiger partial charge in [-0.25, -0.2) is 0 Å². The Morgan fingerprint density at radius 2 is 2.15 bits per heavy atom. The molecule has 0 bridgehead atoms. The first-order valence-corrected chi connectivity index (χ1v) is 8.07. The molecule has 1 aliphatic carbocycles. The summed E-state index contributed by atoms with van der Waals surface area (Å²) in [6.07, 6.45) is 6.44. The molecule has 2 heteroatoms. The Labute approximate surface area is 123 Å². The first kappa shape index (κ1) is 15.4. The summed E-state index contributed by atoms with van der Waals surface area (Å²) in [5, 5.41) is 3.76. The van der Waals surface area contributed by atoms with Crippen LogP contribution in [0.15, 0.2) is 24.3 Å². The molecule has 0 aromatic heterocycles. The van der Waals surface area contributed by atoms with Crippen molar-refractivity contribution in [2.75, 3.05) is 6.61 Å². The van der Waals surface area contributed by atoms with E-state index in [4.69, 9.17) is 4.74 Å². The fraction of sp³-hybridized carbons (Fsp3) is 0.667. The zero-order chi connectivity index (χ0) is 14.4. The van der Waals surface area contributed by atoms with E-state index in [2.05, 4.69) is 44.3 Å². The average Bonchev–Trinajstić information content (AvgIpc) is 2.44. The van der Waals surface area contributed by atoms with E-state index < -0.39 is 0 Å². The first-order chi connectivity index (χ1) is 9.62. The van der Waals surface area contributed by atoms with Crippen molar-refractivity contribution >= 4 is 0 Å². The van der Waals surface area contributed by atoms with Crippen molar-refractivity contribution < 1.29 is 4.74 Å². The first-order valence-electron chi connectivity index (χ1n) is 8.07. The summed E-state index contributed by atoms with van der Waals surface area (Å²) in [5.74, 6) is 0.994. The van der Waals surface area contributed by atoms with E-state index in [1.165, 1.54) is 31.2 Å². The van der Waals surface area contributed by atoms with E-state index in [0.717, 1.165) is 25.3 Å². The van der Waals surface area contributed by atoms with Gasteiger partial charge in [-0.1, -0.05) is 45.7 Å². The molecule has 1 aromatic rings. The van der Waals surface area contributed by atoms with Gasteiger partial charge in [-0.3, -0.25) is 0 Å². The molecule has 2 nitrogen and oxygen atoms in total. The Balaban J connectivity index is 1.89. The largest absolute Gasteiger partial charge is 0.494 e. The molecule has 0 saturated heterocycles. The molecule has 0 amide bonds. The smallest absolute Gasteiger partial charge is 0.119 e. The molecular weight excluding hydrogens is 246 g/mol. The maximum Gasteiger partial charge on any atom is 0.119 e. The summed E-state index contributed by atoms with van der Waals surface area (Å²) in [6.45, 7) is 8.66. The van der Waals surface area contributed by atoms with Gasteiger partial charge >= 0.3 is 0 Å². The van der Waals surface area contributed by atoms with E-state index in [1.54, 1.807) is 0 Å². The van der Waals surface area contributed by atoms with E-state index in [0.29, 0.717) is 11.5 Å². The standard InChI is InChI=1S/C18H29NO/c1-4-12-20-16-9-7-8-15(13-16)14-19-17-10-5-6-11-18(17,2)3/h7-9,13,17,19H,4-6,10-12,14H2,1-3H3. The summed E-state index contributed by atoms with van der Waals surface area (Å²) >= 11 is 0. The summed E-state index contributed by atoms with van der Waals surface area (Å²) in [6, 6.07) is 9.12. The number of rotatable bonds is 6. The van der Waals surface area contributed by atoms with Crippen LogP contribution < -0.4 is 10.1 Å². The van der Waals surface area contributed by atoms with Crippen molar-refractivity contribution in [1.29, 1.82) is 0 Å². The molecule has 0 radical (unpaired) electrons. The molecule has 1 unspecified atom stereocenters. The topological polar surface area (TPSA) is 21.3 Å². The lowest BCUT2D eigenvalue weighted by Gasteiger charge is -2.39. The number of ether oxygens (including phenoxy) is 1. The van der Waals surface area contributed by atoms with Gasteiger partial charge in [0.05, 0.1) is 6.61 Å². The van der Waals surface area contributed by atoms with Crippen LogP contribution in [0.25, 0.3) is 0 Å². The van der Waals surface area contributed by atoms with Crippen molar-refractivity contribution in [3.63, 3.8) is 0 Å². The minimum atomic E-state index is 0.425. The van der Waals surface area contributed by atoms with Gasteiger partial charge in [0, 0.05) is 12.6 Å². The molecule has 2 rings (SSSR count). The Kier molecular flexibility index (Phi) is 5.47. The van der Waals surface area contributed by atoms with Gasteiger partial charge in [0.15, 0.2) is 0 Å². The molecule has 20 heavy (non-hydrogen) atoms. The molecule has 0 heterocycles. The monoisotopic (exact) mass is 275 g/mol. The van der Waals surface area contributed by atoms with Crippen LogP contribution in [0, 0.1) is 5.41 Å². The summed E-state index contributed by atoms with van der Waals surface area (Å²) < 4.78 is 5.70. The third-order valence-corrected chi connectivity index (χ3v) is 4.43. The molecule has 0 aliphatic heterocycles. The molecule has 1 N–H and O–H groups in total. The highest BCUT2D eigenvalue weighted by Gasteiger charge is 2.31. The molecule has 1 aromatic carbocycles. The van der Waals surface area contributed by atoms with Crippen LogP contribution in [0.2, 0.25) is 0 Å². The van der Waals surface area contributed by atoms with Gasteiger partial charge in [0.1, 0.15) is 5.75 Å². The predicted molar refractivity (Wildman–Crippen MR) is 85.1 cm³/mol. The lowest BCUT2D eigenvalue weighted by molar-refractivity contribution is 0.166. The zero-order valence-electron chi connectivity index (χ0n) is 13.2. The van der Waals surface area contributed by atoms with Crippen LogP contribution in [-0.2, 0) is 6.54 Å². The van der Waals surface area contributed by atoms with Gasteiger partial charge in [0.25, 0.3) is 0 Å². The fourth-order valence-corrected chi connectivity index (χ4v) is 3.08. The van der Waals surface area contributed by atoms with E-state index >= 15 is 0 Å². The average molecular weight is 275 g/mol. The van der Waals surface area contributed by atoms with Crippen molar-refractivity contribution in [1.82, 2.24) is 5.32 Å². The zero-order valence-corrected chi connectivity index (χ0v) is 13.2. The third-order valence-electron chi connectivity index (χ3n) is 4.43. The maximum atomic E-state index is 5.70. The molecule has 0 spiro atoms. The van der Waals surface area contributed by atoms with Crippen LogP contribution in [-0.4, -0.2) is 12.6 Å². The molecule has 1 fully saturated rings. The Morgan fingerprint density at radius 1 is 1.30 bits per heavy atom. The SMILES string of the molecule is CCCOc1cccc(CNC2CCCCC2(C)C)c1. The van der Waals surface area contributed by atoms with Gasteiger partial charge in [-0.05, 0) is 42.4 Å². The van der Waals surface area contributed by atoms with Gasteiger partial charge in [-0.15, -0.1) is 0 Å². The maximum absolute atomic E-state index is 5.70. The third kappa shape index (κ3) is 4.24. The van der Waals surface area contributed by atoms with Crippen LogP contribution in [0.4, 0.5) is 0 Å². The number of nitrogens with one attached hydrogen (secondary N) is 1. The lowest BCUT2D eigenvalue weighted by atomic mass is 9.73. The summed E-state index contributed by atoms with van der Waals surface area (Å²) in [7, 11) is 0. The fourth-order valence-electron chi connectivity index (χ4n) is 3.08. The van der Waals surface area contributed by atoms with E-state index in [1.807, 2.05) is 6.07 Å². The predicted octanol–water partition coefficient (Wildman–Crippen LogP) is 4.53. The lowest BCUT2D eigenvalue weighted by Crippen LogP contribution is -2.43. The van der Waals surface area contributed by atoms with Crippen molar-refractivity contribution in [3.05, 3.63) is 29.8 Å². The molecule has 1 atom stereocenters. The van der Waals surface area contributed by atoms with Gasteiger partial charge < -0.3 is 10.1 Å². The highest BCUT2D eigenvalue weighted by molar-refractivity contribution is 5.28. The molecule has 1 aliphatic rings. The normalized spacial score (nSPS) is 21.6. The van der Waals surface area contributed by atoms with Crippen LogP contribution >= 0.6 is 0 Å². The van der Waals surface area contributed by atoms with E-state index in [-0.39, 0.29) is 0 Å². The minimum Gasteiger partial charge on any atom is -0.494 e. The van der Waals surface area contributed by atoms with Crippen LogP contribution in [0.1, 0.15) is 58.4 Å². The van der Waals surface area contributed by atoms with E-state index in [9.17, 15) is 0 Å². The summed E-state index contributed by atoms with van der Waals surface area (Å²) in [4.78, 5) is 0. The molecule has 1 saturated carbocycles. The summed E-state index contributed by atoms with van der Waals surface area (Å²) in [5.41, 5.74) is 1.74. The van der Waals surface area contributed by atoms with Gasteiger partial charge in [-0.2, -0.15) is 0 Å². The van der Waals surface area contributed by atoms with Crippen molar-refractivity contribution in [2.24, 2.45) is 5.41 Å².